The number of fused-ring (bicyclic) bond motifs is 1. The summed E-state index contributed by atoms with van der Waals surface area (Å²) in [5.41, 5.74) is -1.29. The second-order valence-corrected chi connectivity index (χ2v) is 11.0. The number of carbonyl (C=O) groups is 1. The van der Waals surface area contributed by atoms with E-state index in [4.69, 9.17) is 9.72 Å². The maximum Gasteiger partial charge on any atom is 0.416 e. The van der Waals surface area contributed by atoms with Crippen LogP contribution in [0.4, 0.5) is 37.8 Å². The largest absolute Gasteiger partial charge is 0.416 e. The van der Waals surface area contributed by atoms with Crippen LogP contribution in [0, 0.1) is 6.92 Å². The molecular formula is C32H29F6N3O2. The molecule has 0 radical (unpaired) electrons. The van der Waals surface area contributed by atoms with Crippen LogP contribution < -0.4 is 10.2 Å². The van der Waals surface area contributed by atoms with Crippen molar-refractivity contribution in [3.05, 3.63) is 89.0 Å². The molecule has 1 fully saturated rings. The molecule has 1 amide bonds. The fraction of sp³-hybridized carbons (Fsp3) is 0.312. The highest BCUT2D eigenvalue weighted by atomic mass is 19.4. The summed E-state index contributed by atoms with van der Waals surface area (Å²) in [6, 6.07) is 16.1. The lowest BCUT2D eigenvalue weighted by atomic mass is 9.81. The smallest absolute Gasteiger partial charge is 0.378 e. The second kappa shape index (κ2) is 11.2. The number of hydrogen-bond acceptors (Lipinski definition) is 4. The zero-order chi connectivity index (χ0) is 31.2. The summed E-state index contributed by atoms with van der Waals surface area (Å²) >= 11 is 0. The molecule has 2 heterocycles. The maximum absolute atomic E-state index is 13.5. The molecule has 0 aliphatic carbocycles. The average molecular weight is 602 g/mol. The third-order valence-corrected chi connectivity index (χ3v) is 7.70. The summed E-state index contributed by atoms with van der Waals surface area (Å²) in [4.78, 5) is 20.4. The topological polar surface area (TPSA) is 54.5 Å². The Labute approximate surface area is 244 Å². The van der Waals surface area contributed by atoms with Crippen LogP contribution in [0.15, 0.2) is 66.7 Å². The van der Waals surface area contributed by atoms with E-state index in [1.807, 2.05) is 37.3 Å². The van der Waals surface area contributed by atoms with Crippen molar-refractivity contribution in [2.45, 2.75) is 38.5 Å². The van der Waals surface area contributed by atoms with Crippen molar-refractivity contribution >= 4 is 28.3 Å². The van der Waals surface area contributed by atoms with E-state index >= 15 is 0 Å². The molecule has 226 valence electrons. The van der Waals surface area contributed by atoms with Crippen LogP contribution in [0.1, 0.15) is 36.1 Å². The number of aromatic nitrogens is 1. The maximum atomic E-state index is 13.5. The first-order valence-corrected chi connectivity index (χ1v) is 13.6. The van der Waals surface area contributed by atoms with Crippen LogP contribution in [0.5, 0.6) is 0 Å². The van der Waals surface area contributed by atoms with Gasteiger partial charge in [-0.05, 0) is 85.5 Å². The summed E-state index contributed by atoms with van der Waals surface area (Å²) in [6.45, 7) is 7.07. The Bertz CT molecular complexity index is 1640. The quantitative estimate of drug-likeness (QED) is 0.236. The zero-order valence-electron chi connectivity index (χ0n) is 23.7. The molecule has 3 aromatic carbocycles. The van der Waals surface area contributed by atoms with E-state index in [-0.39, 0.29) is 6.07 Å². The number of rotatable bonds is 5. The number of nitrogens with one attached hydrogen (secondary N) is 1. The third kappa shape index (κ3) is 6.31. The van der Waals surface area contributed by atoms with Gasteiger partial charge in [0.25, 0.3) is 0 Å². The van der Waals surface area contributed by atoms with Gasteiger partial charge >= 0.3 is 12.4 Å². The van der Waals surface area contributed by atoms with Gasteiger partial charge in [-0.25, -0.2) is 4.98 Å². The Kier molecular flexibility index (Phi) is 7.89. The normalized spacial score (nSPS) is 14.7. The van der Waals surface area contributed by atoms with Crippen molar-refractivity contribution in [3.8, 4) is 11.1 Å². The molecule has 1 saturated heterocycles. The Morgan fingerprint density at radius 1 is 0.814 bits per heavy atom. The van der Waals surface area contributed by atoms with Crippen molar-refractivity contribution < 1.29 is 35.9 Å². The van der Waals surface area contributed by atoms with E-state index in [1.54, 1.807) is 18.2 Å². The van der Waals surface area contributed by atoms with Gasteiger partial charge in [0.05, 0.1) is 35.3 Å². The van der Waals surface area contributed by atoms with Crippen LogP contribution in [0.3, 0.4) is 0 Å². The highest BCUT2D eigenvalue weighted by molar-refractivity contribution is 6.03. The van der Waals surface area contributed by atoms with E-state index in [0.717, 1.165) is 27.9 Å². The minimum atomic E-state index is -5.03. The van der Waals surface area contributed by atoms with Gasteiger partial charge in [0.1, 0.15) is 5.82 Å². The molecule has 1 aliphatic heterocycles. The number of halogens is 6. The molecule has 5 nitrogen and oxygen atoms in total. The Morgan fingerprint density at radius 3 is 2.02 bits per heavy atom. The predicted octanol–water partition coefficient (Wildman–Crippen LogP) is 8.00. The molecule has 4 aromatic rings. The van der Waals surface area contributed by atoms with Crippen LogP contribution >= 0.6 is 0 Å². The van der Waals surface area contributed by atoms with Gasteiger partial charge < -0.3 is 15.0 Å². The van der Waals surface area contributed by atoms with Gasteiger partial charge in [0.2, 0.25) is 5.91 Å². The highest BCUT2D eigenvalue weighted by Crippen LogP contribution is 2.40. The first-order chi connectivity index (χ1) is 20.1. The van der Waals surface area contributed by atoms with Gasteiger partial charge in [0.15, 0.2) is 0 Å². The van der Waals surface area contributed by atoms with E-state index in [1.165, 1.54) is 13.8 Å². The standard InChI is InChI=1S/C32H29F6N3O2/c1-19-6-4-5-7-24(19)25-18-28(41-10-12-43-13-11-41)40-27-9-8-23(17-26(25)27)39-29(42)30(2,3)20-14-21(31(33,34)35)16-22(15-20)32(36,37)38/h4-9,14-18H,10-13H2,1-3H3,(H,39,42). The first-order valence-electron chi connectivity index (χ1n) is 13.6. The van der Waals surface area contributed by atoms with Crippen LogP contribution in [0.25, 0.3) is 22.0 Å². The number of pyridine rings is 1. The summed E-state index contributed by atoms with van der Waals surface area (Å²) < 4.78 is 86.4. The summed E-state index contributed by atoms with van der Waals surface area (Å²) in [5, 5.41) is 3.43. The number of anilines is 2. The number of amides is 1. The monoisotopic (exact) mass is 601 g/mol. The lowest BCUT2D eigenvalue weighted by Gasteiger charge is -2.29. The molecule has 0 spiro atoms. The number of aryl methyl sites for hydroxylation is 1. The summed E-state index contributed by atoms with van der Waals surface area (Å²) in [6.07, 6.45) is -10.1. The molecule has 1 aromatic heterocycles. The van der Waals surface area contributed by atoms with Gasteiger partial charge in [-0.15, -0.1) is 0 Å². The van der Waals surface area contributed by atoms with Crippen molar-refractivity contribution in [2.75, 3.05) is 36.5 Å². The Morgan fingerprint density at radius 2 is 1.42 bits per heavy atom. The molecule has 0 atom stereocenters. The van der Waals surface area contributed by atoms with Gasteiger partial charge in [-0.2, -0.15) is 26.3 Å². The molecule has 0 unspecified atom stereocenters. The van der Waals surface area contributed by atoms with E-state index < -0.39 is 40.4 Å². The number of hydrogen-bond donors (Lipinski definition) is 1. The minimum Gasteiger partial charge on any atom is -0.378 e. The highest BCUT2D eigenvalue weighted by Gasteiger charge is 2.40. The molecule has 1 N–H and O–H groups in total. The fourth-order valence-electron chi connectivity index (χ4n) is 5.08. The molecule has 0 saturated carbocycles. The van der Waals surface area contributed by atoms with Crippen LogP contribution in [-0.2, 0) is 27.3 Å². The van der Waals surface area contributed by atoms with Crippen molar-refractivity contribution in [1.29, 1.82) is 0 Å². The second-order valence-electron chi connectivity index (χ2n) is 11.0. The van der Waals surface area contributed by atoms with Crippen molar-refractivity contribution in [1.82, 2.24) is 4.98 Å². The number of nitrogens with zero attached hydrogens (tertiary/aromatic N) is 2. The van der Waals surface area contributed by atoms with Gasteiger partial charge in [-0.3, -0.25) is 4.79 Å². The number of carbonyl (C=O) groups excluding carboxylic acids is 1. The number of morpholine rings is 1. The lowest BCUT2D eigenvalue weighted by Crippen LogP contribution is -2.36. The Hall–Kier alpha value is -4.12. The van der Waals surface area contributed by atoms with Crippen molar-refractivity contribution in [2.24, 2.45) is 0 Å². The number of ether oxygens (including phenoxy) is 1. The van der Waals surface area contributed by atoms with E-state index in [9.17, 15) is 31.1 Å². The predicted molar refractivity (Wildman–Crippen MR) is 153 cm³/mol. The molecule has 0 bridgehead atoms. The SMILES string of the molecule is Cc1ccccc1-c1cc(N2CCOCC2)nc2ccc(NC(=O)C(C)(C)c3cc(C(F)(F)F)cc(C(F)(F)F)c3)cc12. The fourth-order valence-corrected chi connectivity index (χ4v) is 5.08. The average Bonchev–Trinajstić information content (AvgIpc) is 2.96. The first kappa shape index (κ1) is 30.3. The molecular weight excluding hydrogens is 572 g/mol. The van der Waals surface area contributed by atoms with Gasteiger partial charge in [-0.1, -0.05) is 24.3 Å². The minimum absolute atomic E-state index is 0.0477. The van der Waals surface area contributed by atoms with Crippen LogP contribution in [0.2, 0.25) is 0 Å². The lowest BCUT2D eigenvalue weighted by molar-refractivity contribution is -0.143. The molecule has 11 heteroatoms. The third-order valence-electron chi connectivity index (χ3n) is 7.70. The number of benzene rings is 3. The zero-order valence-corrected chi connectivity index (χ0v) is 23.7. The molecule has 5 rings (SSSR count). The van der Waals surface area contributed by atoms with Gasteiger partial charge in [0, 0.05) is 24.2 Å². The molecule has 43 heavy (non-hydrogen) atoms. The molecule has 1 aliphatic rings. The van der Waals surface area contributed by atoms with Crippen molar-refractivity contribution in [3.63, 3.8) is 0 Å². The van der Waals surface area contributed by atoms with E-state index in [2.05, 4.69) is 10.2 Å². The summed E-state index contributed by atoms with van der Waals surface area (Å²) in [5.74, 6) is 0.00613. The van der Waals surface area contributed by atoms with Crippen LogP contribution in [-0.4, -0.2) is 37.2 Å². The Balaban J connectivity index is 1.55. The summed E-state index contributed by atoms with van der Waals surface area (Å²) in [7, 11) is 0. The van der Waals surface area contributed by atoms with E-state index in [0.29, 0.717) is 49.6 Å². The number of alkyl halides is 6.